The zero-order valence-corrected chi connectivity index (χ0v) is 32.1. The van der Waals surface area contributed by atoms with Crippen molar-refractivity contribution in [3.8, 4) is 17.2 Å². The summed E-state index contributed by atoms with van der Waals surface area (Å²) in [5, 5.41) is 63.8. The number of carbonyl (C=O) groups excluding carboxylic acids is 3. The van der Waals surface area contributed by atoms with Crippen LogP contribution in [-0.2, 0) is 9.59 Å². The average Bonchev–Trinajstić information content (AvgIpc) is 4.01. The van der Waals surface area contributed by atoms with E-state index < -0.39 is 57.5 Å². The molecule has 0 radical (unpaired) electrons. The summed E-state index contributed by atoms with van der Waals surface area (Å²) >= 11 is 0. The molecule has 26 heteroatoms. The van der Waals surface area contributed by atoms with Crippen LogP contribution in [0.3, 0.4) is 0 Å². The van der Waals surface area contributed by atoms with Crippen LogP contribution >= 0.6 is 0 Å². The number of fused-ring (bicyclic) bond motifs is 2. The van der Waals surface area contributed by atoms with Gasteiger partial charge in [-0.1, -0.05) is 47.3 Å². The van der Waals surface area contributed by atoms with Crippen LogP contribution in [0.1, 0.15) is 23.2 Å². The van der Waals surface area contributed by atoms with E-state index in [4.69, 9.17) is 25.8 Å². The smallest absolute Gasteiger partial charge is 0.296 e. The molecule has 8 N–H and O–H groups in total. The number of phenols is 2. The molecule has 0 unspecified atom stereocenters. The maximum absolute atomic E-state index is 12.2. The lowest BCUT2D eigenvalue weighted by Gasteiger charge is -2.24. The number of anilines is 1. The average molecular weight is 899 g/mol. The molecule has 64 heavy (non-hydrogen) atoms. The Balaban J connectivity index is 0.000000169. The molecular weight excluding hydrogens is 867 g/mol. The van der Waals surface area contributed by atoms with Gasteiger partial charge in [-0.15, -0.1) is 15.8 Å². The minimum atomic E-state index is -2.29. The number of aromatic nitrogens is 5. The van der Waals surface area contributed by atoms with Crippen molar-refractivity contribution >= 4 is 40.1 Å². The van der Waals surface area contributed by atoms with Crippen LogP contribution < -0.4 is 16.5 Å². The molecule has 3 amide bonds. The summed E-state index contributed by atoms with van der Waals surface area (Å²) in [5.74, 6) is -14.4. The Bertz CT molecular complexity index is 2670. The van der Waals surface area contributed by atoms with E-state index in [-0.39, 0.29) is 34.9 Å². The number of hydrogen-bond acceptors (Lipinski definition) is 15. The number of hydrazine groups is 2. The number of benzene rings is 5. The van der Waals surface area contributed by atoms with Crippen molar-refractivity contribution in [1.82, 2.24) is 40.7 Å². The molecule has 2 aromatic heterocycles. The van der Waals surface area contributed by atoms with Gasteiger partial charge in [-0.25, -0.2) is 17.9 Å². The molecule has 5 aromatic carbocycles. The summed E-state index contributed by atoms with van der Waals surface area (Å²) in [4.78, 5) is 53.1. The Labute approximate surface area is 353 Å². The molecule has 4 heterocycles. The van der Waals surface area contributed by atoms with Gasteiger partial charge >= 0.3 is 0 Å². The largest absolute Gasteiger partial charge is 0.508 e. The number of phenolic OH excluding ortho intramolecular Hbond substituents is 2. The summed E-state index contributed by atoms with van der Waals surface area (Å²) < 4.78 is 62.1. The first kappa shape index (κ1) is 47.9. The number of nitro benzene ring substituents is 1. The van der Waals surface area contributed by atoms with Crippen LogP contribution in [0.5, 0.6) is 11.5 Å². The number of para-hydroxylation sites is 3. The summed E-state index contributed by atoms with van der Waals surface area (Å²) in [6.45, 7) is 0. The van der Waals surface area contributed by atoms with E-state index in [0.29, 0.717) is 27.5 Å². The van der Waals surface area contributed by atoms with Gasteiger partial charge in [0.2, 0.25) is 29.1 Å². The van der Waals surface area contributed by atoms with Crippen molar-refractivity contribution in [2.75, 3.05) is 5.43 Å². The first-order chi connectivity index (χ1) is 30.4. The number of nitrogens with one attached hydrogen (secondary N) is 3. The number of carbonyl (C=O) groups is 3. The number of nitrogens with zero attached hydrogens (tertiary/aromatic N) is 7. The third kappa shape index (κ3) is 12.4. The van der Waals surface area contributed by atoms with Crippen LogP contribution in [0.15, 0.2) is 120 Å². The summed E-state index contributed by atoms with van der Waals surface area (Å²) in [6.07, 6.45) is 1.92. The minimum Gasteiger partial charge on any atom is -0.508 e. The Hall–Kier alpha value is -8.75. The fourth-order valence-corrected chi connectivity index (χ4v) is 4.75. The van der Waals surface area contributed by atoms with Crippen molar-refractivity contribution in [3.05, 3.63) is 171 Å². The first-order valence-electron chi connectivity index (χ1n) is 17.6. The lowest BCUT2D eigenvalue weighted by molar-refractivity contribution is -0.384. The Morgan fingerprint density at radius 2 is 1.22 bits per heavy atom. The zero-order valence-electron chi connectivity index (χ0n) is 32.1. The van der Waals surface area contributed by atoms with E-state index in [1.165, 1.54) is 35.0 Å². The normalized spacial score (nSPS) is 12.3. The highest BCUT2D eigenvalue weighted by Crippen LogP contribution is 2.27. The highest BCUT2D eigenvalue weighted by atomic mass is 19.2. The maximum atomic E-state index is 12.2. The number of rotatable bonds is 2. The van der Waals surface area contributed by atoms with Crippen molar-refractivity contribution in [3.63, 3.8) is 0 Å². The number of H-pyrrole nitrogens is 1. The quantitative estimate of drug-likeness (QED) is 0.0164. The lowest BCUT2D eigenvalue weighted by atomic mass is 10.1. The molecule has 0 aliphatic carbocycles. The molecule has 1 fully saturated rings. The molecule has 0 spiro atoms. The van der Waals surface area contributed by atoms with Gasteiger partial charge in [0.15, 0.2) is 5.75 Å². The second kappa shape index (κ2) is 22.2. The van der Waals surface area contributed by atoms with Crippen LogP contribution in [0.4, 0.5) is 33.3 Å². The van der Waals surface area contributed by atoms with Crippen LogP contribution in [0.25, 0.3) is 16.7 Å². The van der Waals surface area contributed by atoms with E-state index in [1.54, 1.807) is 42.6 Å². The molecule has 7 aromatic rings. The van der Waals surface area contributed by atoms with Crippen molar-refractivity contribution in [1.29, 1.82) is 0 Å². The van der Waals surface area contributed by atoms with Gasteiger partial charge in [0.25, 0.3) is 29.0 Å². The fraction of sp³-hybridized carbons (Fsp3) is 0.0526. The predicted molar refractivity (Wildman–Crippen MR) is 208 cm³/mol. The van der Waals surface area contributed by atoms with Gasteiger partial charge in [0.1, 0.15) is 16.8 Å². The molecule has 334 valence electrons. The van der Waals surface area contributed by atoms with E-state index in [9.17, 15) is 51.2 Å². The van der Waals surface area contributed by atoms with Gasteiger partial charge in [0.05, 0.1) is 21.9 Å². The van der Waals surface area contributed by atoms with Gasteiger partial charge < -0.3 is 20.8 Å². The number of amides is 3. The molecule has 2 aliphatic heterocycles. The van der Waals surface area contributed by atoms with Crippen molar-refractivity contribution < 1.29 is 67.1 Å². The third-order valence-corrected chi connectivity index (χ3v) is 7.92. The Morgan fingerprint density at radius 3 is 1.75 bits per heavy atom. The number of imide groups is 1. The zero-order chi connectivity index (χ0) is 47.1. The topological polar surface area (TPSA) is 295 Å². The van der Waals surface area contributed by atoms with E-state index in [1.807, 2.05) is 42.5 Å². The highest BCUT2D eigenvalue weighted by Gasteiger charge is 2.27. The molecular formula is C38H31F5N10O11. The maximum Gasteiger partial charge on any atom is 0.296 e. The highest BCUT2D eigenvalue weighted by molar-refractivity contribution is 6.00. The lowest BCUT2D eigenvalue weighted by Crippen LogP contribution is -2.47. The SMILES string of the molecule is O=C1CCC(=O)N1O.O=C1c2ccccc2NNN1O.O=[N+]([O-])c1ccc(O)cc1.O=c1cc[nH]n1-c1ccccc1.Oc1c(F)c(F)c(F)c(F)c1F.On1nnc2ccccc21. The molecule has 9 rings (SSSR count). The monoisotopic (exact) mass is 898 g/mol. The fourth-order valence-electron chi connectivity index (χ4n) is 4.75. The third-order valence-electron chi connectivity index (χ3n) is 7.92. The van der Waals surface area contributed by atoms with Gasteiger partial charge in [0, 0.05) is 37.2 Å². The van der Waals surface area contributed by atoms with Gasteiger partial charge in [-0.05, 0) is 53.7 Å². The van der Waals surface area contributed by atoms with E-state index in [2.05, 4.69) is 26.4 Å². The Morgan fingerprint density at radius 1 is 0.672 bits per heavy atom. The molecule has 21 nitrogen and oxygen atoms in total. The van der Waals surface area contributed by atoms with Gasteiger partial charge in [-0.3, -0.25) is 44.8 Å². The summed E-state index contributed by atoms with van der Waals surface area (Å²) in [6, 6.07) is 30.1. The van der Waals surface area contributed by atoms with Crippen molar-refractivity contribution in [2.45, 2.75) is 12.8 Å². The van der Waals surface area contributed by atoms with Crippen LogP contribution in [-0.4, -0.2) is 83.7 Å². The summed E-state index contributed by atoms with van der Waals surface area (Å²) in [7, 11) is 0. The van der Waals surface area contributed by atoms with Gasteiger partial charge in [-0.2, -0.15) is 13.8 Å². The second-order valence-corrected chi connectivity index (χ2v) is 12.1. The molecule has 0 bridgehead atoms. The van der Waals surface area contributed by atoms with E-state index in [0.717, 1.165) is 10.5 Å². The number of hydroxylamine groups is 3. The standard InChI is InChI=1S/C9H8N2O.C7H7N3O2.C6HF5O.C6H5N3O.C6H5NO3.C4H5NO3/c12-9-6-7-10-11(9)8-4-2-1-3-5-8;11-7-5-3-1-2-4-6(5)8-9-10(7)12;7-1-2(8)4(10)6(12)5(11)3(1)9;10-9-6-4-2-1-3-5(6)7-8-9;8-6-3-1-5(2-4-6)7(9)10;6-3-1-2-4(7)5(3)8/h1-7,10H;1-4,8-9,12H;12H;1-4,10H;1-4,8H;8H,1-2H2. The minimum absolute atomic E-state index is 0.0159. The predicted octanol–water partition coefficient (Wildman–Crippen LogP) is 5.11. The molecule has 0 saturated carbocycles. The molecule has 1 saturated heterocycles. The number of halogens is 5. The number of non-ortho nitro benzene ring substituents is 1. The second-order valence-electron chi connectivity index (χ2n) is 12.1. The number of nitro groups is 1. The van der Waals surface area contributed by atoms with E-state index >= 15 is 0 Å². The summed E-state index contributed by atoms with van der Waals surface area (Å²) in [5.41, 5.74) is 8.15. The van der Waals surface area contributed by atoms with Crippen LogP contribution in [0, 0.1) is 39.2 Å². The number of aromatic amines is 1. The Kier molecular flexibility index (Phi) is 16.6. The number of aromatic hydroxyl groups is 2. The molecule has 2 aliphatic rings. The first-order valence-corrected chi connectivity index (χ1v) is 17.6. The van der Waals surface area contributed by atoms with Crippen LogP contribution in [0.2, 0.25) is 0 Å². The number of hydrogen-bond donors (Lipinski definition) is 8. The molecule has 0 atom stereocenters. The van der Waals surface area contributed by atoms with Crippen molar-refractivity contribution in [2.24, 2.45) is 0 Å².